The van der Waals surface area contributed by atoms with Crippen LogP contribution in [0.5, 0.6) is 0 Å². The van der Waals surface area contributed by atoms with E-state index in [9.17, 15) is 18.0 Å². The Morgan fingerprint density at radius 3 is 2.85 bits per heavy atom. The van der Waals surface area contributed by atoms with Crippen molar-refractivity contribution in [3.8, 4) is 0 Å². The molecule has 0 radical (unpaired) electrons. The molecule has 3 rings (SSSR count). The van der Waals surface area contributed by atoms with Crippen LogP contribution in [0.1, 0.15) is 25.6 Å². The number of fused-ring (bicyclic) bond motifs is 1. The van der Waals surface area contributed by atoms with Crippen molar-refractivity contribution in [1.29, 1.82) is 0 Å². The Morgan fingerprint density at radius 2 is 2.19 bits per heavy atom. The molecule has 0 spiro atoms. The molecule has 1 aliphatic rings. The van der Waals surface area contributed by atoms with Crippen LogP contribution in [0.2, 0.25) is 5.02 Å². The number of rotatable bonds is 5. The Balaban J connectivity index is 1.88. The molecule has 0 unspecified atom stereocenters. The van der Waals surface area contributed by atoms with Gasteiger partial charge in [-0.05, 0) is 38.0 Å². The molecule has 10 heteroatoms. The van der Waals surface area contributed by atoms with Crippen LogP contribution < -0.4 is 5.56 Å². The van der Waals surface area contributed by atoms with Gasteiger partial charge in [0.2, 0.25) is 15.9 Å². The Morgan fingerprint density at radius 1 is 1.44 bits per heavy atom. The van der Waals surface area contributed by atoms with Gasteiger partial charge in [-0.2, -0.15) is 4.31 Å². The lowest BCUT2D eigenvalue weighted by atomic mass is 10.2. The summed E-state index contributed by atoms with van der Waals surface area (Å²) in [7, 11) is -3.45. The number of benzene rings is 1. The molecule has 1 aromatic heterocycles. The first-order chi connectivity index (χ1) is 12.7. The predicted molar refractivity (Wildman–Crippen MR) is 103 cm³/mol. The quantitative estimate of drug-likeness (QED) is 0.798. The Bertz CT molecular complexity index is 1040. The van der Waals surface area contributed by atoms with E-state index < -0.39 is 16.1 Å². The van der Waals surface area contributed by atoms with Crippen LogP contribution in [0, 0.1) is 0 Å². The third-order valence-electron chi connectivity index (χ3n) is 4.67. The highest BCUT2D eigenvalue weighted by atomic mass is 35.5. The van der Waals surface area contributed by atoms with Crippen molar-refractivity contribution in [3.63, 3.8) is 0 Å². The normalized spacial score (nSPS) is 18.1. The molecule has 2 aromatic rings. The minimum Gasteiger partial charge on any atom is -0.334 e. The van der Waals surface area contributed by atoms with Gasteiger partial charge in [-0.15, -0.1) is 0 Å². The minimum atomic E-state index is -3.45. The van der Waals surface area contributed by atoms with Crippen molar-refractivity contribution in [2.24, 2.45) is 0 Å². The van der Waals surface area contributed by atoms with Gasteiger partial charge in [0.25, 0.3) is 5.56 Å². The monoisotopic (exact) mass is 412 g/mol. The van der Waals surface area contributed by atoms with Crippen LogP contribution in [0.3, 0.4) is 0 Å². The average Bonchev–Trinajstić information content (AvgIpc) is 3.08. The van der Waals surface area contributed by atoms with Gasteiger partial charge in [-0.1, -0.05) is 11.6 Å². The van der Waals surface area contributed by atoms with Gasteiger partial charge < -0.3 is 9.88 Å². The van der Waals surface area contributed by atoms with Gasteiger partial charge in [0, 0.05) is 18.1 Å². The molecule has 1 aliphatic heterocycles. The second kappa shape index (κ2) is 7.57. The molecule has 1 saturated heterocycles. The number of sulfonamides is 1. The predicted octanol–water partition coefficient (Wildman–Crippen LogP) is 1.35. The lowest BCUT2D eigenvalue weighted by molar-refractivity contribution is -0.135. The number of amides is 1. The highest BCUT2D eigenvalue weighted by Gasteiger charge is 2.38. The molecule has 1 amide bonds. The number of nitrogens with one attached hydrogen (secondary N) is 1. The third kappa shape index (κ3) is 4.15. The molecule has 0 aliphatic carbocycles. The zero-order valence-corrected chi connectivity index (χ0v) is 16.7. The van der Waals surface area contributed by atoms with E-state index in [2.05, 4.69) is 9.97 Å². The summed E-state index contributed by atoms with van der Waals surface area (Å²) in [5.74, 6) is 0.0446. The van der Waals surface area contributed by atoms with Gasteiger partial charge in [0.05, 0.1) is 23.7 Å². The van der Waals surface area contributed by atoms with Crippen LogP contribution in [-0.4, -0.2) is 58.9 Å². The van der Waals surface area contributed by atoms with Crippen LogP contribution in [0.4, 0.5) is 0 Å². The smallest absolute Gasteiger partial charge is 0.258 e. The molecule has 146 valence electrons. The van der Waals surface area contributed by atoms with Crippen LogP contribution in [0.15, 0.2) is 23.0 Å². The van der Waals surface area contributed by atoms with Crippen LogP contribution in [-0.2, 0) is 21.4 Å². The zero-order valence-electron chi connectivity index (χ0n) is 15.1. The van der Waals surface area contributed by atoms with E-state index in [1.165, 1.54) is 9.21 Å². The van der Waals surface area contributed by atoms with Crippen molar-refractivity contribution < 1.29 is 13.2 Å². The van der Waals surface area contributed by atoms with Crippen molar-refractivity contribution in [2.75, 3.05) is 19.3 Å². The summed E-state index contributed by atoms with van der Waals surface area (Å²) < 4.78 is 25.1. The summed E-state index contributed by atoms with van der Waals surface area (Å²) in [5.41, 5.74) is 0.136. The van der Waals surface area contributed by atoms with E-state index in [4.69, 9.17) is 11.6 Å². The first-order valence-corrected chi connectivity index (χ1v) is 10.9. The first kappa shape index (κ1) is 19.8. The van der Waals surface area contributed by atoms with Crippen molar-refractivity contribution in [1.82, 2.24) is 19.2 Å². The molecule has 1 atom stereocenters. The van der Waals surface area contributed by atoms with E-state index >= 15 is 0 Å². The summed E-state index contributed by atoms with van der Waals surface area (Å²) in [6.07, 6.45) is 2.24. The summed E-state index contributed by atoms with van der Waals surface area (Å²) in [6.45, 7) is 2.59. The molecule has 27 heavy (non-hydrogen) atoms. The molecule has 1 fully saturated rings. The highest BCUT2D eigenvalue weighted by molar-refractivity contribution is 7.88. The minimum absolute atomic E-state index is 0.0845. The number of aromatic amines is 1. The number of nitrogens with zero attached hydrogens (tertiary/aromatic N) is 3. The number of hydrogen-bond donors (Lipinski definition) is 1. The summed E-state index contributed by atoms with van der Waals surface area (Å²) in [5, 5.41) is 0.876. The number of carbonyl (C=O) groups is 1. The molecule has 1 aromatic carbocycles. The molecular formula is C17H21ClN4O4S. The molecule has 0 bridgehead atoms. The molecule has 1 N–H and O–H groups in total. The Labute approximate surface area is 162 Å². The van der Waals surface area contributed by atoms with E-state index in [0.717, 1.165) is 6.26 Å². The number of carbonyl (C=O) groups excluding carboxylic acids is 1. The van der Waals surface area contributed by atoms with Crippen molar-refractivity contribution in [3.05, 3.63) is 39.4 Å². The lowest BCUT2D eigenvalue weighted by Gasteiger charge is -2.28. The molecular weight excluding hydrogens is 392 g/mol. The van der Waals surface area contributed by atoms with Crippen molar-refractivity contribution >= 4 is 38.4 Å². The van der Waals surface area contributed by atoms with Gasteiger partial charge in [-0.3, -0.25) is 9.59 Å². The van der Waals surface area contributed by atoms with E-state index in [1.54, 1.807) is 25.1 Å². The SMILES string of the molecule is CCN(Cc1nc2cc(Cl)ccc2c(=O)[nH]1)C(=O)[C@@H]1CCCN1S(C)(=O)=O. The number of aromatic nitrogens is 2. The van der Waals surface area contributed by atoms with Crippen LogP contribution in [0.25, 0.3) is 10.9 Å². The Hall–Kier alpha value is -1.97. The third-order valence-corrected chi connectivity index (χ3v) is 6.19. The average molecular weight is 413 g/mol. The van der Waals surface area contributed by atoms with Gasteiger partial charge in [0.1, 0.15) is 11.9 Å². The zero-order chi connectivity index (χ0) is 19.8. The van der Waals surface area contributed by atoms with Gasteiger partial charge in [-0.25, -0.2) is 13.4 Å². The fourth-order valence-electron chi connectivity index (χ4n) is 3.36. The number of hydrogen-bond acceptors (Lipinski definition) is 5. The van der Waals surface area contributed by atoms with E-state index in [1.807, 2.05) is 0 Å². The summed E-state index contributed by atoms with van der Waals surface area (Å²) in [6, 6.07) is 4.10. The van der Waals surface area contributed by atoms with E-state index in [-0.39, 0.29) is 18.0 Å². The summed E-state index contributed by atoms with van der Waals surface area (Å²) in [4.78, 5) is 33.8. The number of H-pyrrole nitrogens is 1. The van der Waals surface area contributed by atoms with Crippen molar-refractivity contribution in [2.45, 2.75) is 32.4 Å². The second-order valence-corrected chi connectivity index (χ2v) is 8.93. The number of likely N-dealkylation sites (N-methyl/N-ethyl adjacent to an activating group) is 1. The topological polar surface area (TPSA) is 103 Å². The number of halogens is 1. The maximum absolute atomic E-state index is 12.9. The Kier molecular flexibility index (Phi) is 5.55. The highest BCUT2D eigenvalue weighted by Crippen LogP contribution is 2.23. The fourth-order valence-corrected chi connectivity index (χ4v) is 4.64. The molecule has 8 nitrogen and oxygen atoms in total. The second-order valence-electron chi connectivity index (χ2n) is 6.56. The lowest BCUT2D eigenvalue weighted by Crippen LogP contribution is -2.47. The largest absolute Gasteiger partial charge is 0.334 e. The molecule has 0 saturated carbocycles. The maximum atomic E-state index is 12.9. The summed E-state index contributed by atoms with van der Waals surface area (Å²) >= 11 is 5.97. The molecule has 2 heterocycles. The first-order valence-electron chi connectivity index (χ1n) is 8.64. The van der Waals surface area contributed by atoms with Crippen LogP contribution >= 0.6 is 11.6 Å². The fraction of sp³-hybridized carbons (Fsp3) is 0.471. The van der Waals surface area contributed by atoms with Gasteiger partial charge >= 0.3 is 0 Å². The standard InChI is InChI=1S/C17H21ClN4O4S/c1-3-21(17(24)14-5-4-8-22(14)27(2,25)26)10-15-19-13-9-11(18)6-7-12(13)16(23)20-15/h6-7,9,14H,3-5,8,10H2,1-2H3,(H,19,20,23)/t14-/m0/s1. The van der Waals surface area contributed by atoms with Gasteiger partial charge in [0.15, 0.2) is 0 Å². The van der Waals surface area contributed by atoms with E-state index in [0.29, 0.717) is 47.7 Å². The maximum Gasteiger partial charge on any atom is 0.258 e.